The van der Waals surface area contributed by atoms with Crippen LogP contribution in [0.2, 0.25) is 0 Å². The van der Waals surface area contributed by atoms with Crippen LogP contribution < -0.4 is 0 Å². The van der Waals surface area contributed by atoms with Gasteiger partial charge in [-0.2, -0.15) is 5.10 Å². The van der Waals surface area contributed by atoms with Gasteiger partial charge in [-0.25, -0.2) is 0 Å². The van der Waals surface area contributed by atoms with Gasteiger partial charge >= 0.3 is 0 Å². The number of amides is 1. The standard InChI is InChI=1S/C19H22N4O/c1-13-10-20-22(11-13)12-15-6-5-9-23(15)19(24)18-14(2)21-17-8-4-3-7-16(17)18/h3-4,7-8,10-11,15,21H,5-6,9,12H2,1-2H3/t15-/m0/s1. The van der Waals surface area contributed by atoms with Gasteiger partial charge in [0.1, 0.15) is 0 Å². The lowest BCUT2D eigenvalue weighted by molar-refractivity contribution is 0.0723. The van der Waals surface area contributed by atoms with Crippen molar-refractivity contribution in [2.45, 2.75) is 39.3 Å². The number of nitrogens with one attached hydrogen (secondary N) is 1. The van der Waals surface area contributed by atoms with E-state index in [1.165, 1.54) is 0 Å². The number of para-hydroxylation sites is 1. The topological polar surface area (TPSA) is 53.9 Å². The molecule has 24 heavy (non-hydrogen) atoms. The van der Waals surface area contributed by atoms with Gasteiger partial charge in [0.15, 0.2) is 0 Å². The molecule has 1 aliphatic heterocycles. The molecule has 1 N–H and O–H groups in total. The molecule has 0 unspecified atom stereocenters. The van der Waals surface area contributed by atoms with Crippen molar-refractivity contribution < 1.29 is 4.79 Å². The van der Waals surface area contributed by atoms with Crippen LogP contribution in [0.4, 0.5) is 0 Å². The van der Waals surface area contributed by atoms with E-state index in [-0.39, 0.29) is 11.9 Å². The average Bonchev–Trinajstić information content (AvgIpc) is 3.25. The molecule has 5 nitrogen and oxygen atoms in total. The zero-order valence-corrected chi connectivity index (χ0v) is 14.1. The summed E-state index contributed by atoms with van der Waals surface area (Å²) in [4.78, 5) is 18.6. The summed E-state index contributed by atoms with van der Waals surface area (Å²) in [5.41, 5.74) is 3.94. The number of aromatic amines is 1. The number of likely N-dealkylation sites (tertiary alicyclic amines) is 1. The maximum Gasteiger partial charge on any atom is 0.256 e. The first-order valence-corrected chi connectivity index (χ1v) is 8.51. The Morgan fingerprint density at radius 2 is 2.17 bits per heavy atom. The smallest absolute Gasteiger partial charge is 0.256 e. The highest BCUT2D eigenvalue weighted by Crippen LogP contribution is 2.27. The van der Waals surface area contributed by atoms with E-state index in [9.17, 15) is 4.79 Å². The van der Waals surface area contributed by atoms with E-state index in [0.717, 1.165) is 53.7 Å². The van der Waals surface area contributed by atoms with Crippen molar-refractivity contribution in [3.8, 4) is 0 Å². The number of hydrogen-bond acceptors (Lipinski definition) is 2. The Hall–Kier alpha value is -2.56. The summed E-state index contributed by atoms with van der Waals surface area (Å²) < 4.78 is 1.95. The SMILES string of the molecule is Cc1cnn(C[C@@H]2CCCN2C(=O)c2c(C)[nH]c3ccccc23)c1. The molecular formula is C19H22N4O. The molecule has 3 aromatic rings. The van der Waals surface area contributed by atoms with Gasteiger partial charge in [0.25, 0.3) is 5.91 Å². The summed E-state index contributed by atoms with van der Waals surface area (Å²) in [5.74, 6) is 0.135. The second kappa shape index (κ2) is 5.82. The van der Waals surface area contributed by atoms with Crippen LogP contribution in [0.15, 0.2) is 36.7 Å². The number of aryl methyl sites for hydroxylation is 2. The van der Waals surface area contributed by atoms with Gasteiger partial charge in [-0.1, -0.05) is 18.2 Å². The maximum atomic E-state index is 13.2. The predicted octanol–water partition coefficient (Wildman–Crippen LogP) is 3.29. The summed E-state index contributed by atoms with van der Waals surface area (Å²) in [6, 6.07) is 8.23. The predicted molar refractivity (Wildman–Crippen MR) is 94.1 cm³/mol. The quantitative estimate of drug-likeness (QED) is 0.804. The van der Waals surface area contributed by atoms with E-state index in [2.05, 4.69) is 10.1 Å². The molecule has 0 radical (unpaired) electrons. The molecule has 4 rings (SSSR count). The third-order valence-corrected chi connectivity index (χ3v) is 4.91. The van der Waals surface area contributed by atoms with E-state index >= 15 is 0 Å². The average molecular weight is 322 g/mol. The monoisotopic (exact) mass is 322 g/mol. The van der Waals surface area contributed by atoms with Crippen LogP contribution in [0.3, 0.4) is 0 Å². The summed E-state index contributed by atoms with van der Waals surface area (Å²) in [6.45, 7) is 5.61. The number of carbonyl (C=O) groups excluding carboxylic acids is 1. The molecule has 1 fully saturated rings. The first-order chi connectivity index (χ1) is 11.6. The number of fused-ring (bicyclic) bond motifs is 1. The number of aromatic nitrogens is 3. The number of rotatable bonds is 3. The third-order valence-electron chi connectivity index (χ3n) is 4.91. The Bertz CT molecular complexity index is 892. The molecule has 3 heterocycles. The van der Waals surface area contributed by atoms with Crippen LogP contribution in [0.5, 0.6) is 0 Å². The number of hydrogen-bond donors (Lipinski definition) is 1. The molecule has 0 aliphatic carbocycles. The Morgan fingerprint density at radius 1 is 1.33 bits per heavy atom. The van der Waals surface area contributed by atoms with Crippen LogP contribution in [-0.4, -0.2) is 38.2 Å². The van der Waals surface area contributed by atoms with Crippen LogP contribution in [-0.2, 0) is 6.54 Å². The van der Waals surface area contributed by atoms with E-state index < -0.39 is 0 Å². The van der Waals surface area contributed by atoms with Crippen molar-refractivity contribution in [1.29, 1.82) is 0 Å². The van der Waals surface area contributed by atoms with Crippen LogP contribution in [0.25, 0.3) is 10.9 Å². The van der Waals surface area contributed by atoms with E-state index in [1.54, 1.807) is 0 Å². The van der Waals surface area contributed by atoms with Gasteiger partial charge in [0.2, 0.25) is 0 Å². The summed E-state index contributed by atoms with van der Waals surface area (Å²) in [6.07, 6.45) is 5.99. The lowest BCUT2D eigenvalue weighted by atomic mass is 10.1. The minimum absolute atomic E-state index is 0.135. The van der Waals surface area contributed by atoms with Gasteiger partial charge in [-0.3, -0.25) is 9.48 Å². The minimum Gasteiger partial charge on any atom is -0.358 e. The Labute approximate surface area is 141 Å². The molecule has 0 saturated carbocycles. The van der Waals surface area contributed by atoms with E-state index in [1.807, 2.05) is 60.1 Å². The normalized spacial score (nSPS) is 17.8. The third kappa shape index (κ3) is 2.50. The fourth-order valence-electron chi connectivity index (χ4n) is 3.77. The van der Waals surface area contributed by atoms with Crippen LogP contribution in [0.1, 0.15) is 34.5 Å². The van der Waals surface area contributed by atoms with Crippen molar-refractivity contribution in [3.05, 3.63) is 53.5 Å². The van der Waals surface area contributed by atoms with Crippen LogP contribution >= 0.6 is 0 Å². The molecular weight excluding hydrogens is 300 g/mol. The molecule has 0 bridgehead atoms. The highest BCUT2D eigenvalue weighted by Gasteiger charge is 2.31. The molecule has 1 atom stereocenters. The largest absolute Gasteiger partial charge is 0.358 e. The maximum absolute atomic E-state index is 13.2. The Morgan fingerprint density at radius 3 is 2.96 bits per heavy atom. The zero-order valence-electron chi connectivity index (χ0n) is 14.1. The first-order valence-electron chi connectivity index (χ1n) is 8.51. The molecule has 124 valence electrons. The minimum atomic E-state index is 0.135. The molecule has 1 aliphatic rings. The Kier molecular flexibility index (Phi) is 3.63. The highest BCUT2D eigenvalue weighted by atomic mass is 16.2. The number of nitrogens with zero attached hydrogens (tertiary/aromatic N) is 3. The van der Waals surface area contributed by atoms with E-state index in [4.69, 9.17) is 0 Å². The summed E-state index contributed by atoms with van der Waals surface area (Å²) >= 11 is 0. The fraction of sp³-hybridized carbons (Fsp3) is 0.368. The molecule has 0 spiro atoms. The van der Waals surface area contributed by atoms with Crippen molar-refractivity contribution in [2.24, 2.45) is 0 Å². The van der Waals surface area contributed by atoms with Crippen molar-refractivity contribution in [2.75, 3.05) is 6.54 Å². The molecule has 2 aromatic heterocycles. The lowest BCUT2D eigenvalue weighted by Gasteiger charge is -2.25. The number of benzene rings is 1. The second-order valence-corrected chi connectivity index (χ2v) is 6.70. The van der Waals surface area contributed by atoms with Gasteiger partial charge < -0.3 is 9.88 Å². The summed E-state index contributed by atoms with van der Waals surface area (Å²) in [7, 11) is 0. The first kappa shape index (κ1) is 15.0. The van der Waals surface area contributed by atoms with Gasteiger partial charge in [-0.15, -0.1) is 0 Å². The molecule has 1 amide bonds. The Balaban J connectivity index is 1.63. The van der Waals surface area contributed by atoms with Gasteiger partial charge in [0.05, 0.1) is 24.3 Å². The van der Waals surface area contributed by atoms with Crippen molar-refractivity contribution in [3.63, 3.8) is 0 Å². The van der Waals surface area contributed by atoms with Gasteiger partial charge in [0, 0.05) is 29.3 Å². The van der Waals surface area contributed by atoms with Crippen LogP contribution in [0, 0.1) is 13.8 Å². The summed E-state index contributed by atoms with van der Waals surface area (Å²) in [5, 5.41) is 5.39. The molecule has 5 heteroatoms. The molecule has 1 saturated heterocycles. The fourth-order valence-corrected chi connectivity index (χ4v) is 3.77. The second-order valence-electron chi connectivity index (χ2n) is 6.70. The molecule has 1 aromatic carbocycles. The zero-order chi connectivity index (χ0) is 16.7. The lowest BCUT2D eigenvalue weighted by Crippen LogP contribution is -2.38. The van der Waals surface area contributed by atoms with E-state index in [0.29, 0.717) is 0 Å². The highest BCUT2D eigenvalue weighted by molar-refractivity contribution is 6.08. The van der Waals surface area contributed by atoms with Crippen molar-refractivity contribution in [1.82, 2.24) is 19.7 Å². The number of carbonyl (C=O) groups is 1. The number of H-pyrrole nitrogens is 1. The van der Waals surface area contributed by atoms with Gasteiger partial charge in [-0.05, 0) is 38.3 Å². The van der Waals surface area contributed by atoms with Crippen molar-refractivity contribution >= 4 is 16.8 Å².